The summed E-state index contributed by atoms with van der Waals surface area (Å²) in [5.41, 5.74) is 0. The molecule has 0 aromatic rings. The molecular weight excluding hydrogens is 286 g/mol. The summed E-state index contributed by atoms with van der Waals surface area (Å²) in [6, 6.07) is 0.689. The van der Waals surface area contributed by atoms with E-state index >= 15 is 0 Å². The van der Waals surface area contributed by atoms with Gasteiger partial charge in [-0.25, -0.2) is 5.32 Å². The lowest BCUT2D eigenvalue weighted by Gasteiger charge is -2.28. The summed E-state index contributed by atoms with van der Waals surface area (Å²) in [4.78, 5) is 0. The van der Waals surface area contributed by atoms with Crippen LogP contribution in [0.1, 0.15) is 90.9 Å². The summed E-state index contributed by atoms with van der Waals surface area (Å²) in [7, 11) is 0. The van der Waals surface area contributed by atoms with E-state index in [4.69, 9.17) is 14.8 Å². The second-order valence-electron chi connectivity index (χ2n) is 7.46. The Bertz CT molecular complexity index is 257. The van der Waals surface area contributed by atoms with Crippen molar-refractivity contribution in [3.63, 3.8) is 0 Å². The van der Waals surface area contributed by atoms with Crippen molar-refractivity contribution in [2.75, 3.05) is 13.2 Å². The van der Waals surface area contributed by atoms with Crippen LogP contribution in [-0.4, -0.2) is 37.5 Å². The molecule has 2 rings (SSSR count). The highest BCUT2D eigenvalue weighted by atomic mass is 16.5. The lowest BCUT2D eigenvalue weighted by Crippen LogP contribution is -2.39. The first-order chi connectivity index (χ1) is 11.3. The average Bonchev–Trinajstić information content (AvgIpc) is 2.63. The van der Waals surface area contributed by atoms with Gasteiger partial charge in [-0.3, -0.25) is 0 Å². The second-order valence-corrected chi connectivity index (χ2v) is 7.46. The molecule has 0 aromatic heterocycles. The maximum atomic E-state index is 6.14. The van der Waals surface area contributed by atoms with Gasteiger partial charge >= 0.3 is 0 Å². The molecule has 0 amide bonds. The zero-order valence-corrected chi connectivity index (χ0v) is 15.5. The predicted molar refractivity (Wildman–Crippen MR) is 95.9 cm³/mol. The third kappa shape index (κ3) is 7.53. The van der Waals surface area contributed by atoms with Gasteiger partial charge in [0.1, 0.15) is 0 Å². The van der Waals surface area contributed by atoms with Crippen LogP contribution in [-0.2, 0) is 9.47 Å². The van der Waals surface area contributed by atoms with Crippen LogP contribution in [0.5, 0.6) is 0 Å². The standard InChI is InChI=1S/C20H38NO2/c1-3-17(15-22-19-11-7-5-8-12-19)21-18(4-2)16-23-20-13-9-6-10-14-20/h17-20H,3-16H2,1-2H3. The highest BCUT2D eigenvalue weighted by Gasteiger charge is 2.20. The lowest BCUT2D eigenvalue weighted by molar-refractivity contribution is -0.00322. The molecule has 0 saturated heterocycles. The fraction of sp³-hybridized carbons (Fsp3) is 1.00. The van der Waals surface area contributed by atoms with Crippen molar-refractivity contribution in [1.82, 2.24) is 5.32 Å². The molecule has 3 nitrogen and oxygen atoms in total. The topological polar surface area (TPSA) is 32.6 Å². The Morgan fingerprint density at radius 3 is 1.43 bits per heavy atom. The summed E-state index contributed by atoms with van der Waals surface area (Å²) in [6.07, 6.45) is 16.3. The van der Waals surface area contributed by atoms with E-state index in [1.54, 1.807) is 0 Å². The molecule has 2 fully saturated rings. The summed E-state index contributed by atoms with van der Waals surface area (Å²) >= 11 is 0. The fourth-order valence-corrected chi connectivity index (χ4v) is 3.79. The third-order valence-corrected chi connectivity index (χ3v) is 5.52. The van der Waals surface area contributed by atoms with Crippen molar-refractivity contribution < 1.29 is 9.47 Å². The van der Waals surface area contributed by atoms with Crippen molar-refractivity contribution in [2.24, 2.45) is 0 Å². The molecule has 3 heteroatoms. The van der Waals surface area contributed by atoms with Gasteiger partial charge < -0.3 is 9.47 Å². The van der Waals surface area contributed by atoms with Crippen molar-refractivity contribution in [1.29, 1.82) is 0 Å². The zero-order valence-electron chi connectivity index (χ0n) is 15.5. The Hall–Kier alpha value is -0.120. The minimum absolute atomic E-state index is 0.344. The molecule has 2 aliphatic carbocycles. The van der Waals surface area contributed by atoms with Gasteiger partial charge in [0.05, 0.1) is 25.4 Å². The SMILES string of the molecule is CCC(COC1CCCCC1)[N]C(CC)COC1CCCCC1. The average molecular weight is 325 g/mol. The molecule has 0 aliphatic heterocycles. The van der Waals surface area contributed by atoms with Gasteiger partial charge in [-0.05, 0) is 38.5 Å². The van der Waals surface area contributed by atoms with Crippen LogP contribution < -0.4 is 5.32 Å². The largest absolute Gasteiger partial charge is 0.377 e. The number of hydrogen-bond acceptors (Lipinski definition) is 2. The molecular formula is C20H38NO2. The van der Waals surface area contributed by atoms with Crippen LogP contribution in [0, 0.1) is 0 Å². The van der Waals surface area contributed by atoms with Gasteiger partial charge in [0.15, 0.2) is 0 Å². The van der Waals surface area contributed by atoms with Crippen LogP contribution in [0.25, 0.3) is 0 Å². The van der Waals surface area contributed by atoms with Gasteiger partial charge in [0, 0.05) is 12.1 Å². The van der Waals surface area contributed by atoms with Crippen LogP contribution in [0.3, 0.4) is 0 Å². The van der Waals surface area contributed by atoms with Gasteiger partial charge in [-0.1, -0.05) is 52.4 Å². The van der Waals surface area contributed by atoms with Gasteiger partial charge in [-0.15, -0.1) is 0 Å². The van der Waals surface area contributed by atoms with Crippen molar-refractivity contribution in [3.05, 3.63) is 0 Å². The molecule has 0 aromatic carbocycles. The smallest absolute Gasteiger partial charge is 0.0639 e. The molecule has 2 atom stereocenters. The first-order valence-corrected chi connectivity index (χ1v) is 10.2. The monoisotopic (exact) mass is 324 g/mol. The highest BCUT2D eigenvalue weighted by molar-refractivity contribution is 4.75. The van der Waals surface area contributed by atoms with Gasteiger partial charge in [-0.2, -0.15) is 0 Å². The Labute approximate surface area is 143 Å². The predicted octanol–water partition coefficient (Wildman–Crippen LogP) is 4.85. The van der Waals surface area contributed by atoms with E-state index < -0.39 is 0 Å². The second kappa shape index (κ2) is 11.4. The number of nitrogens with zero attached hydrogens (tertiary/aromatic N) is 1. The Morgan fingerprint density at radius 2 is 1.09 bits per heavy atom. The molecule has 23 heavy (non-hydrogen) atoms. The quantitative estimate of drug-likeness (QED) is 0.575. The van der Waals surface area contributed by atoms with E-state index in [9.17, 15) is 0 Å². The molecule has 2 aliphatic rings. The summed E-state index contributed by atoms with van der Waals surface area (Å²) < 4.78 is 12.3. The third-order valence-electron chi connectivity index (χ3n) is 5.52. The lowest BCUT2D eigenvalue weighted by atomic mass is 9.97. The number of hydrogen-bond donors (Lipinski definition) is 0. The molecule has 2 unspecified atom stereocenters. The van der Waals surface area contributed by atoms with Crippen molar-refractivity contribution in [3.8, 4) is 0 Å². The maximum absolute atomic E-state index is 6.14. The first kappa shape index (κ1) is 19.2. The van der Waals surface area contributed by atoms with Crippen molar-refractivity contribution >= 4 is 0 Å². The highest BCUT2D eigenvalue weighted by Crippen LogP contribution is 2.22. The van der Waals surface area contributed by atoms with Crippen molar-refractivity contribution in [2.45, 2.75) is 115 Å². The zero-order chi connectivity index (χ0) is 16.3. The molecule has 0 heterocycles. The van der Waals surface area contributed by atoms with E-state index in [0.717, 1.165) is 26.1 Å². The molecule has 1 radical (unpaired) electrons. The summed E-state index contributed by atoms with van der Waals surface area (Å²) in [5, 5.41) is 5.03. The molecule has 0 spiro atoms. The molecule has 0 N–H and O–H groups in total. The van der Waals surface area contributed by atoms with Gasteiger partial charge in [0.25, 0.3) is 0 Å². The van der Waals surface area contributed by atoms with E-state index in [0.29, 0.717) is 24.3 Å². The van der Waals surface area contributed by atoms with E-state index in [-0.39, 0.29) is 0 Å². The molecule has 2 saturated carbocycles. The minimum Gasteiger partial charge on any atom is -0.377 e. The molecule has 0 bridgehead atoms. The van der Waals surface area contributed by atoms with E-state index in [1.807, 2.05) is 0 Å². The van der Waals surface area contributed by atoms with Crippen LogP contribution in [0.2, 0.25) is 0 Å². The number of ether oxygens (including phenoxy) is 2. The molecule has 135 valence electrons. The van der Waals surface area contributed by atoms with Crippen LogP contribution >= 0.6 is 0 Å². The Kier molecular flexibility index (Phi) is 9.55. The Balaban J connectivity index is 1.64. The number of rotatable bonds is 10. The van der Waals surface area contributed by atoms with Gasteiger partial charge in [0.2, 0.25) is 0 Å². The normalized spacial score (nSPS) is 23.7. The Morgan fingerprint density at radius 1 is 0.696 bits per heavy atom. The van der Waals surface area contributed by atoms with Crippen LogP contribution in [0.4, 0.5) is 0 Å². The summed E-state index contributed by atoms with van der Waals surface area (Å²) in [5.74, 6) is 0. The first-order valence-electron chi connectivity index (χ1n) is 10.2. The van der Waals surface area contributed by atoms with Crippen LogP contribution in [0.15, 0.2) is 0 Å². The van der Waals surface area contributed by atoms with E-state index in [2.05, 4.69) is 13.8 Å². The maximum Gasteiger partial charge on any atom is 0.0639 e. The van der Waals surface area contributed by atoms with E-state index in [1.165, 1.54) is 64.2 Å². The summed E-state index contributed by atoms with van der Waals surface area (Å²) in [6.45, 7) is 6.07. The minimum atomic E-state index is 0.344. The fourth-order valence-electron chi connectivity index (χ4n) is 3.79.